The van der Waals surface area contributed by atoms with E-state index in [1.165, 1.54) is 0 Å². The minimum absolute atomic E-state index is 0. The summed E-state index contributed by atoms with van der Waals surface area (Å²) < 4.78 is 2.81. The molecule has 1 aromatic carbocycles. The molecule has 3 N–H and O–H groups in total. The lowest BCUT2D eigenvalue weighted by atomic mass is 10.2. The Morgan fingerprint density at radius 1 is 1.25 bits per heavy atom. The highest BCUT2D eigenvalue weighted by Crippen LogP contribution is 2.20. The molecule has 9 heteroatoms. The highest BCUT2D eigenvalue weighted by molar-refractivity contribution is 14.0. The summed E-state index contributed by atoms with van der Waals surface area (Å²) in [6.45, 7) is 7.13. The number of aliphatic imine (C=N–C) groups is 1. The molecule has 0 radical (unpaired) electrons. The van der Waals surface area contributed by atoms with Gasteiger partial charge in [0.2, 0.25) is 5.91 Å². The Morgan fingerprint density at radius 2 is 1.96 bits per heavy atom. The van der Waals surface area contributed by atoms with Gasteiger partial charge in [-0.1, -0.05) is 22.0 Å². The topological polar surface area (TPSA) is 83.3 Å². The van der Waals surface area contributed by atoms with Crippen molar-refractivity contribution < 1.29 is 4.79 Å². The van der Waals surface area contributed by atoms with Gasteiger partial charge in [-0.2, -0.15) is 5.10 Å². The molecule has 154 valence electrons. The molecule has 0 bridgehead atoms. The number of nitrogens with one attached hydrogen (secondary N) is 3. The van der Waals surface area contributed by atoms with Crippen LogP contribution in [0.3, 0.4) is 0 Å². The molecule has 0 aliphatic heterocycles. The number of carbonyl (C=O) groups is 1. The molecule has 0 saturated carbocycles. The molecule has 1 heterocycles. The number of carbonyl (C=O) groups excluding carboxylic acids is 1. The normalized spacial score (nSPS) is 11.0. The molecule has 1 amide bonds. The molecule has 0 aliphatic carbocycles. The Hall–Kier alpha value is -1.62. The summed E-state index contributed by atoms with van der Waals surface area (Å²) in [5.74, 6) is 0.613. The Balaban J connectivity index is 0.00000392. The van der Waals surface area contributed by atoms with Crippen molar-refractivity contribution in [1.82, 2.24) is 20.4 Å². The van der Waals surface area contributed by atoms with Gasteiger partial charge in [0.15, 0.2) is 5.96 Å². The van der Waals surface area contributed by atoms with Gasteiger partial charge in [0.1, 0.15) is 0 Å². The zero-order valence-corrected chi connectivity index (χ0v) is 20.8. The Morgan fingerprint density at radius 3 is 2.57 bits per heavy atom. The maximum absolute atomic E-state index is 12.2. The van der Waals surface area contributed by atoms with Crippen molar-refractivity contribution in [3.05, 3.63) is 45.2 Å². The third-order valence-corrected chi connectivity index (χ3v) is 4.93. The van der Waals surface area contributed by atoms with Crippen LogP contribution in [0.1, 0.15) is 28.9 Å². The van der Waals surface area contributed by atoms with E-state index in [-0.39, 0.29) is 29.9 Å². The minimum atomic E-state index is -0.0434. The van der Waals surface area contributed by atoms with Crippen molar-refractivity contribution in [1.29, 1.82) is 0 Å². The summed E-state index contributed by atoms with van der Waals surface area (Å²) >= 11 is 3.42. The van der Waals surface area contributed by atoms with Gasteiger partial charge < -0.3 is 16.0 Å². The third kappa shape index (κ3) is 6.77. The molecule has 0 fully saturated rings. The van der Waals surface area contributed by atoms with Crippen LogP contribution in [0.15, 0.2) is 27.7 Å². The van der Waals surface area contributed by atoms with Crippen molar-refractivity contribution in [2.24, 2.45) is 12.0 Å². The number of guanidine groups is 1. The fourth-order valence-corrected chi connectivity index (χ4v) is 3.06. The van der Waals surface area contributed by atoms with E-state index < -0.39 is 0 Å². The predicted molar refractivity (Wildman–Crippen MR) is 128 cm³/mol. The van der Waals surface area contributed by atoms with Crippen molar-refractivity contribution in [2.75, 3.05) is 18.9 Å². The van der Waals surface area contributed by atoms with Crippen molar-refractivity contribution in [2.45, 2.75) is 33.7 Å². The minimum Gasteiger partial charge on any atom is -0.356 e. The summed E-state index contributed by atoms with van der Waals surface area (Å²) in [5, 5.41) is 13.8. The first-order valence-corrected chi connectivity index (χ1v) is 9.60. The average molecular weight is 563 g/mol. The first kappa shape index (κ1) is 24.4. The first-order valence-electron chi connectivity index (χ1n) is 8.81. The average Bonchev–Trinajstić information content (AvgIpc) is 2.86. The number of rotatable bonds is 6. The van der Waals surface area contributed by atoms with E-state index >= 15 is 0 Å². The van der Waals surface area contributed by atoms with Crippen LogP contribution in [-0.4, -0.2) is 35.2 Å². The molecule has 2 aromatic rings. The third-order valence-electron chi connectivity index (χ3n) is 4.43. The molecule has 0 spiro atoms. The lowest BCUT2D eigenvalue weighted by Crippen LogP contribution is -2.38. The van der Waals surface area contributed by atoms with Crippen molar-refractivity contribution in [3.63, 3.8) is 0 Å². The molecule has 2 rings (SSSR count). The monoisotopic (exact) mass is 562 g/mol. The number of nitrogens with zero attached hydrogens (tertiary/aromatic N) is 3. The smallest absolute Gasteiger partial charge is 0.226 e. The highest BCUT2D eigenvalue weighted by atomic mass is 127. The van der Waals surface area contributed by atoms with Crippen molar-refractivity contribution in [3.8, 4) is 0 Å². The molecule has 0 aliphatic rings. The predicted octanol–water partition coefficient (Wildman–Crippen LogP) is 3.42. The Labute approximate surface area is 191 Å². The molecular formula is C19H28BrIN6O. The van der Waals surface area contributed by atoms with Crippen LogP contribution in [0.25, 0.3) is 0 Å². The van der Waals surface area contributed by atoms with E-state index in [4.69, 9.17) is 0 Å². The van der Waals surface area contributed by atoms with E-state index in [0.29, 0.717) is 25.5 Å². The number of hydrogen-bond acceptors (Lipinski definition) is 3. The fraction of sp³-hybridized carbons (Fsp3) is 0.421. The van der Waals surface area contributed by atoms with E-state index in [9.17, 15) is 4.79 Å². The summed E-state index contributed by atoms with van der Waals surface area (Å²) in [5.41, 5.74) is 5.13. The summed E-state index contributed by atoms with van der Waals surface area (Å²) in [6, 6.07) is 5.82. The first-order chi connectivity index (χ1) is 12.8. The number of hydrogen-bond donors (Lipinski definition) is 3. The largest absolute Gasteiger partial charge is 0.356 e. The van der Waals surface area contributed by atoms with E-state index in [2.05, 4.69) is 42.0 Å². The van der Waals surface area contributed by atoms with Gasteiger partial charge in [-0.3, -0.25) is 14.5 Å². The number of amides is 1. The lowest BCUT2D eigenvalue weighted by Gasteiger charge is -2.13. The Kier molecular flexibility index (Phi) is 9.94. The van der Waals surface area contributed by atoms with Crippen LogP contribution in [0.4, 0.5) is 5.69 Å². The molecule has 7 nitrogen and oxygen atoms in total. The van der Waals surface area contributed by atoms with Crippen molar-refractivity contribution >= 4 is 57.5 Å². The van der Waals surface area contributed by atoms with Gasteiger partial charge in [-0.05, 0) is 38.5 Å². The number of halogens is 2. The van der Waals surface area contributed by atoms with Gasteiger partial charge in [0.25, 0.3) is 0 Å². The van der Waals surface area contributed by atoms with E-state index in [0.717, 1.165) is 32.7 Å². The molecule has 0 saturated heterocycles. The highest BCUT2D eigenvalue weighted by Gasteiger charge is 2.10. The van der Waals surface area contributed by atoms with Crippen LogP contribution in [-0.2, 0) is 18.4 Å². The van der Waals surface area contributed by atoms with Crippen LogP contribution in [0.5, 0.6) is 0 Å². The van der Waals surface area contributed by atoms with Gasteiger partial charge in [-0.25, -0.2) is 0 Å². The van der Waals surface area contributed by atoms with E-state index in [1.807, 2.05) is 50.7 Å². The summed E-state index contributed by atoms with van der Waals surface area (Å²) in [6.07, 6.45) is 0.345. The van der Waals surface area contributed by atoms with Gasteiger partial charge in [0.05, 0.1) is 5.69 Å². The second kappa shape index (κ2) is 11.4. The quantitative estimate of drug-likeness (QED) is 0.286. The maximum atomic E-state index is 12.2. The second-order valence-electron chi connectivity index (χ2n) is 6.38. The fourth-order valence-electron chi connectivity index (χ4n) is 2.70. The Bertz CT molecular complexity index is 849. The molecule has 1 aromatic heterocycles. The summed E-state index contributed by atoms with van der Waals surface area (Å²) in [4.78, 5) is 16.4. The van der Waals surface area contributed by atoms with Crippen LogP contribution in [0, 0.1) is 20.8 Å². The van der Waals surface area contributed by atoms with Gasteiger partial charge in [-0.15, -0.1) is 24.0 Å². The van der Waals surface area contributed by atoms with Crippen LogP contribution in [0.2, 0.25) is 0 Å². The van der Waals surface area contributed by atoms with Crippen LogP contribution < -0.4 is 16.0 Å². The van der Waals surface area contributed by atoms with Gasteiger partial charge in [0, 0.05) is 55.0 Å². The number of aromatic nitrogens is 2. The molecule has 28 heavy (non-hydrogen) atoms. The number of anilines is 1. The van der Waals surface area contributed by atoms with Crippen LogP contribution >= 0.6 is 39.9 Å². The zero-order chi connectivity index (χ0) is 20.0. The van der Waals surface area contributed by atoms with Gasteiger partial charge >= 0.3 is 0 Å². The lowest BCUT2D eigenvalue weighted by molar-refractivity contribution is -0.116. The number of aryl methyl sites for hydroxylation is 3. The molecule has 0 atom stereocenters. The van der Waals surface area contributed by atoms with E-state index in [1.54, 1.807) is 7.05 Å². The second-order valence-corrected chi connectivity index (χ2v) is 7.30. The summed E-state index contributed by atoms with van der Waals surface area (Å²) in [7, 11) is 3.65. The SMILES string of the molecule is CN=C(NCCC(=O)Nc1cc(Br)ccc1C)NCc1c(C)nn(C)c1C.I. The zero-order valence-electron chi connectivity index (χ0n) is 16.9. The molecule has 0 unspecified atom stereocenters. The standard InChI is InChI=1S/C19H27BrN6O.HI/c1-12-6-7-15(20)10-17(12)24-18(27)8-9-22-19(21-4)23-11-16-13(2)25-26(5)14(16)3;/h6-7,10H,8-9,11H2,1-5H3,(H,24,27)(H2,21,22,23);1H. The molecular weight excluding hydrogens is 535 g/mol. The maximum Gasteiger partial charge on any atom is 0.226 e. The number of benzene rings is 1.